The molecular weight excluding hydrogens is 519 g/mol. The van der Waals surface area contributed by atoms with E-state index in [9.17, 15) is 0 Å². The van der Waals surface area contributed by atoms with Crippen molar-refractivity contribution in [1.82, 2.24) is 25.2 Å². The Bertz CT molecular complexity index is 1000. The maximum atomic E-state index is 6.18. The Morgan fingerprint density at radius 1 is 1.25 bits per heavy atom. The zero-order chi connectivity index (χ0) is 21.5. The predicted octanol–water partition coefficient (Wildman–Crippen LogP) is 3.23. The van der Waals surface area contributed by atoms with Gasteiger partial charge in [-0.3, -0.25) is 9.56 Å². The summed E-state index contributed by atoms with van der Waals surface area (Å²) >= 11 is 0. The number of ether oxygens (including phenoxy) is 2. The molecule has 1 aromatic carbocycles. The Balaban J connectivity index is 0.00000289. The predicted molar refractivity (Wildman–Crippen MR) is 135 cm³/mol. The Morgan fingerprint density at radius 2 is 2.12 bits per heavy atom. The van der Waals surface area contributed by atoms with Crippen LogP contribution in [0.3, 0.4) is 0 Å². The fourth-order valence-electron chi connectivity index (χ4n) is 3.36. The number of pyridine rings is 1. The lowest BCUT2D eigenvalue weighted by Gasteiger charge is -2.18. The van der Waals surface area contributed by atoms with Gasteiger partial charge in [-0.25, -0.2) is 9.97 Å². The molecule has 2 N–H and O–H groups in total. The van der Waals surface area contributed by atoms with E-state index in [1.165, 1.54) is 5.56 Å². The van der Waals surface area contributed by atoms with E-state index in [0.29, 0.717) is 19.7 Å². The number of benzene rings is 1. The molecule has 0 bridgehead atoms. The van der Waals surface area contributed by atoms with Crippen molar-refractivity contribution in [2.45, 2.75) is 32.5 Å². The van der Waals surface area contributed by atoms with Gasteiger partial charge in [0.15, 0.2) is 5.96 Å². The molecule has 1 aliphatic heterocycles. The Hall–Kier alpha value is -2.66. The van der Waals surface area contributed by atoms with Crippen LogP contribution < -0.4 is 15.4 Å². The Morgan fingerprint density at radius 3 is 2.81 bits per heavy atom. The third kappa shape index (κ3) is 6.42. The van der Waals surface area contributed by atoms with Crippen LogP contribution in [0.4, 0.5) is 0 Å². The van der Waals surface area contributed by atoms with Crippen molar-refractivity contribution in [2.75, 3.05) is 20.3 Å². The first kappa shape index (κ1) is 24.0. The molecule has 1 unspecified atom stereocenters. The fraction of sp³-hybridized carbons (Fsp3) is 0.348. The van der Waals surface area contributed by atoms with Crippen molar-refractivity contribution in [2.24, 2.45) is 4.99 Å². The van der Waals surface area contributed by atoms with Crippen molar-refractivity contribution < 1.29 is 9.47 Å². The van der Waals surface area contributed by atoms with Crippen LogP contribution in [0.25, 0.3) is 5.82 Å². The molecule has 0 saturated carbocycles. The van der Waals surface area contributed by atoms with E-state index in [0.717, 1.165) is 41.7 Å². The molecule has 0 amide bonds. The van der Waals surface area contributed by atoms with E-state index in [4.69, 9.17) is 9.47 Å². The van der Waals surface area contributed by atoms with Gasteiger partial charge in [0.25, 0.3) is 0 Å². The quantitative estimate of drug-likeness (QED) is 0.268. The minimum Gasteiger partial charge on any atom is -0.488 e. The van der Waals surface area contributed by atoms with Gasteiger partial charge in [-0.2, -0.15) is 0 Å². The number of aromatic nitrogens is 3. The average molecular weight is 548 g/mol. The van der Waals surface area contributed by atoms with Gasteiger partial charge < -0.3 is 20.1 Å². The standard InChI is InChI=1S/C23H28N6O2.HI/c1-17-3-5-19(21(11-17)31-20-7-10-30-15-20)14-28-23(24-2)27-13-18-4-6-22(26-12-18)29-9-8-25-16-29;/h3-6,8-9,11-12,16,20H,7,10,13-15H2,1-2H3,(H2,24,27,28);1H. The summed E-state index contributed by atoms with van der Waals surface area (Å²) < 4.78 is 13.5. The first-order chi connectivity index (χ1) is 15.2. The molecule has 32 heavy (non-hydrogen) atoms. The van der Waals surface area contributed by atoms with Crippen molar-refractivity contribution in [1.29, 1.82) is 0 Å². The molecule has 170 valence electrons. The lowest BCUT2D eigenvalue weighted by Crippen LogP contribution is -2.36. The molecule has 1 atom stereocenters. The summed E-state index contributed by atoms with van der Waals surface area (Å²) in [4.78, 5) is 12.9. The molecule has 1 fully saturated rings. The van der Waals surface area contributed by atoms with Gasteiger partial charge in [0.1, 0.15) is 24.0 Å². The molecule has 2 aromatic heterocycles. The molecule has 3 aromatic rings. The van der Waals surface area contributed by atoms with Crippen LogP contribution in [0.2, 0.25) is 0 Å². The molecule has 1 saturated heterocycles. The van der Waals surface area contributed by atoms with E-state index < -0.39 is 0 Å². The number of hydrogen-bond donors (Lipinski definition) is 2. The summed E-state index contributed by atoms with van der Waals surface area (Å²) in [6.45, 7) is 4.71. The van der Waals surface area contributed by atoms with E-state index >= 15 is 0 Å². The minimum atomic E-state index is 0. The molecule has 8 nitrogen and oxygen atoms in total. The number of halogens is 1. The number of aliphatic imine (C=N–C) groups is 1. The monoisotopic (exact) mass is 548 g/mol. The molecule has 1 aliphatic rings. The molecule has 0 aliphatic carbocycles. The number of nitrogens with one attached hydrogen (secondary N) is 2. The molecule has 0 radical (unpaired) electrons. The van der Waals surface area contributed by atoms with Gasteiger partial charge in [0.05, 0.1) is 13.2 Å². The number of aryl methyl sites for hydroxylation is 1. The third-order valence-corrected chi connectivity index (χ3v) is 5.11. The first-order valence-corrected chi connectivity index (χ1v) is 10.4. The van der Waals surface area contributed by atoms with Crippen LogP contribution in [0.15, 0.2) is 60.2 Å². The van der Waals surface area contributed by atoms with Crippen LogP contribution >= 0.6 is 24.0 Å². The van der Waals surface area contributed by atoms with Crippen LogP contribution in [0, 0.1) is 6.92 Å². The zero-order valence-electron chi connectivity index (χ0n) is 18.3. The van der Waals surface area contributed by atoms with Crippen molar-refractivity contribution in [3.8, 4) is 11.6 Å². The highest BCUT2D eigenvalue weighted by Crippen LogP contribution is 2.23. The summed E-state index contributed by atoms with van der Waals surface area (Å²) in [6, 6.07) is 10.3. The summed E-state index contributed by atoms with van der Waals surface area (Å²) in [5.41, 5.74) is 3.33. The smallest absolute Gasteiger partial charge is 0.191 e. The first-order valence-electron chi connectivity index (χ1n) is 10.4. The summed E-state index contributed by atoms with van der Waals surface area (Å²) in [6.07, 6.45) is 8.24. The molecule has 4 rings (SSSR count). The number of nitrogens with zero attached hydrogens (tertiary/aromatic N) is 4. The second-order valence-corrected chi connectivity index (χ2v) is 7.49. The number of rotatable bonds is 7. The summed E-state index contributed by atoms with van der Waals surface area (Å²) in [5, 5.41) is 6.70. The number of imidazole rings is 1. The molecule has 9 heteroatoms. The SMILES string of the molecule is CN=C(NCc1ccc(-n2ccnc2)nc1)NCc1ccc(C)cc1OC1CCOC1.I. The van der Waals surface area contributed by atoms with E-state index in [1.54, 1.807) is 19.6 Å². The maximum absolute atomic E-state index is 6.18. The van der Waals surface area contributed by atoms with Gasteiger partial charge in [0, 0.05) is 50.7 Å². The van der Waals surface area contributed by atoms with Gasteiger partial charge in [-0.15, -0.1) is 24.0 Å². The third-order valence-electron chi connectivity index (χ3n) is 5.11. The van der Waals surface area contributed by atoms with Crippen molar-refractivity contribution in [3.63, 3.8) is 0 Å². The number of guanidine groups is 1. The van der Waals surface area contributed by atoms with Gasteiger partial charge in [0.2, 0.25) is 0 Å². The summed E-state index contributed by atoms with van der Waals surface area (Å²) in [7, 11) is 1.76. The summed E-state index contributed by atoms with van der Waals surface area (Å²) in [5.74, 6) is 2.45. The second kappa shape index (κ2) is 11.8. The van der Waals surface area contributed by atoms with Crippen molar-refractivity contribution >= 4 is 29.9 Å². The van der Waals surface area contributed by atoms with E-state index in [1.807, 2.05) is 29.1 Å². The van der Waals surface area contributed by atoms with Gasteiger partial charge in [-0.05, 0) is 30.2 Å². The Labute approximate surface area is 205 Å². The van der Waals surface area contributed by atoms with Crippen LogP contribution in [-0.4, -0.2) is 46.9 Å². The topological polar surface area (TPSA) is 85.6 Å². The normalized spacial score (nSPS) is 15.8. The van der Waals surface area contributed by atoms with Crippen LogP contribution in [0.5, 0.6) is 5.75 Å². The maximum Gasteiger partial charge on any atom is 0.191 e. The lowest BCUT2D eigenvalue weighted by molar-refractivity contribution is 0.140. The van der Waals surface area contributed by atoms with Crippen LogP contribution in [0.1, 0.15) is 23.1 Å². The fourth-order valence-corrected chi connectivity index (χ4v) is 3.36. The second-order valence-electron chi connectivity index (χ2n) is 7.49. The molecule has 0 spiro atoms. The molecular formula is C23H29IN6O2. The van der Waals surface area contributed by atoms with Gasteiger partial charge >= 0.3 is 0 Å². The average Bonchev–Trinajstić information content (AvgIpc) is 3.50. The minimum absolute atomic E-state index is 0. The lowest BCUT2D eigenvalue weighted by atomic mass is 10.1. The molecule has 3 heterocycles. The highest BCUT2D eigenvalue weighted by Gasteiger charge is 2.18. The van der Waals surface area contributed by atoms with E-state index in [-0.39, 0.29) is 30.1 Å². The Kier molecular flexibility index (Phi) is 8.86. The van der Waals surface area contributed by atoms with Crippen molar-refractivity contribution in [3.05, 3.63) is 71.9 Å². The van der Waals surface area contributed by atoms with E-state index in [2.05, 4.69) is 50.7 Å². The van der Waals surface area contributed by atoms with Gasteiger partial charge in [-0.1, -0.05) is 18.2 Å². The van der Waals surface area contributed by atoms with Crippen LogP contribution in [-0.2, 0) is 17.8 Å². The zero-order valence-corrected chi connectivity index (χ0v) is 20.7. The largest absolute Gasteiger partial charge is 0.488 e. The highest BCUT2D eigenvalue weighted by molar-refractivity contribution is 14.0. The number of hydrogen-bond acceptors (Lipinski definition) is 5. The highest BCUT2D eigenvalue weighted by atomic mass is 127.